The quantitative estimate of drug-likeness (QED) is 0.343. The van der Waals surface area contributed by atoms with Crippen LogP contribution in [0.25, 0.3) is 0 Å². The third-order valence-corrected chi connectivity index (χ3v) is 6.15. The van der Waals surface area contributed by atoms with Gasteiger partial charge in [0.25, 0.3) is 21.6 Å². The Bertz CT molecular complexity index is 1270. The molecule has 0 saturated carbocycles. The number of benzene rings is 3. The number of nitrogens with one attached hydrogen (secondary N) is 2. The van der Waals surface area contributed by atoms with Gasteiger partial charge in [-0.1, -0.05) is 29.3 Å². The first-order chi connectivity index (χ1) is 15.1. The van der Waals surface area contributed by atoms with Crippen molar-refractivity contribution in [2.45, 2.75) is 4.90 Å². The molecule has 2 N–H and O–H groups in total. The molecular formula is C20H15Cl2N3O6S. The second-order valence-electron chi connectivity index (χ2n) is 6.35. The highest BCUT2D eigenvalue weighted by atomic mass is 35.5. The van der Waals surface area contributed by atoms with Crippen LogP contribution in [0.2, 0.25) is 10.0 Å². The van der Waals surface area contributed by atoms with Gasteiger partial charge in [0.05, 0.1) is 25.6 Å². The molecule has 32 heavy (non-hydrogen) atoms. The summed E-state index contributed by atoms with van der Waals surface area (Å²) >= 11 is 11.7. The third kappa shape index (κ3) is 6.10. The fourth-order valence-electron chi connectivity index (χ4n) is 2.53. The molecule has 0 heterocycles. The van der Waals surface area contributed by atoms with Crippen molar-refractivity contribution in [3.63, 3.8) is 0 Å². The van der Waals surface area contributed by atoms with Gasteiger partial charge in [-0.2, -0.15) is 0 Å². The van der Waals surface area contributed by atoms with Gasteiger partial charge in [-0.05, 0) is 48.5 Å². The summed E-state index contributed by atoms with van der Waals surface area (Å²) < 4.78 is 32.8. The normalized spacial score (nSPS) is 10.9. The predicted octanol–water partition coefficient (Wildman–Crippen LogP) is 4.72. The lowest BCUT2D eigenvalue weighted by molar-refractivity contribution is -0.384. The summed E-state index contributed by atoms with van der Waals surface area (Å²) in [6.07, 6.45) is 0. The molecule has 0 saturated heterocycles. The Balaban J connectivity index is 1.59. The topological polar surface area (TPSA) is 128 Å². The van der Waals surface area contributed by atoms with Gasteiger partial charge < -0.3 is 10.1 Å². The van der Waals surface area contributed by atoms with Crippen molar-refractivity contribution in [3.8, 4) is 5.75 Å². The Hall–Kier alpha value is -3.34. The smallest absolute Gasteiger partial charge is 0.271 e. The standard InChI is InChI=1S/C20H15Cl2N3O6S/c21-18-9-4-14(11-19(18)22)24-32(29,30)17-7-5-16(6-8-17)31-12-20(26)23-13-2-1-3-15(10-13)25(27)28/h1-11,24H,12H2,(H,23,26). The fourth-order valence-corrected chi connectivity index (χ4v) is 3.88. The number of nitrogens with zero attached hydrogens (tertiary/aromatic N) is 1. The first kappa shape index (κ1) is 23.3. The summed E-state index contributed by atoms with van der Waals surface area (Å²) in [5.74, 6) is -0.281. The van der Waals surface area contributed by atoms with Gasteiger partial charge in [-0.25, -0.2) is 8.42 Å². The molecule has 0 bridgehead atoms. The van der Waals surface area contributed by atoms with Crippen LogP contribution in [0.5, 0.6) is 5.75 Å². The molecule has 12 heteroatoms. The molecule has 0 radical (unpaired) electrons. The molecule has 0 aliphatic rings. The summed E-state index contributed by atoms with van der Waals surface area (Å²) in [6.45, 7) is -0.379. The second-order valence-corrected chi connectivity index (χ2v) is 8.85. The molecule has 0 aromatic heterocycles. The van der Waals surface area contributed by atoms with Crippen molar-refractivity contribution >= 4 is 56.2 Å². The van der Waals surface area contributed by atoms with E-state index in [1.165, 1.54) is 66.7 Å². The number of amides is 1. The monoisotopic (exact) mass is 495 g/mol. The molecule has 0 fully saturated rings. The largest absolute Gasteiger partial charge is 0.484 e. The second kappa shape index (κ2) is 9.86. The molecule has 0 aliphatic carbocycles. The first-order valence-electron chi connectivity index (χ1n) is 8.89. The number of non-ortho nitro benzene ring substituents is 1. The van der Waals surface area contributed by atoms with Gasteiger partial charge in [0.1, 0.15) is 5.75 Å². The average Bonchev–Trinajstić information content (AvgIpc) is 2.75. The number of carbonyl (C=O) groups is 1. The number of halogens is 2. The summed E-state index contributed by atoms with van der Waals surface area (Å²) in [5.41, 5.74) is 0.343. The highest BCUT2D eigenvalue weighted by molar-refractivity contribution is 7.92. The number of hydrogen-bond donors (Lipinski definition) is 2. The van der Waals surface area contributed by atoms with E-state index in [1.54, 1.807) is 0 Å². The lowest BCUT2D eigenvalue weighted by atomic mass is 10.3. The zero-order valence-corrected chi connectivity index (χ0v) is 18.4. The third-order valence-electron chi connectivity index (χ3n) is 4.02. The Morgan fingerprint density at radius 1 is 0.969 bits per heavy atom. The number of rotatable bonds is 8. The van der Waals surface area contributed by atoms with Gasteiger partial charge in [0.2, 0.25) is 0 Å². The van der Waals surface area contributed by atoms with Gasteiger partial charge in [-0.15, -0.1) is 0 Å². The van der Waals surface area contributed by atoms with E-state index >= 15 is 0 Å². The van der Waals surface area contributed by atoms with Crippen LogP contribution in [0.4, 0.5) is 17.1 Å². The molecule has 3 rings (SSSR count). The summed E-state index contributed by atoms with van der Waals surface area (Å²) in [7, 11) is -3.88. The number of hydrogen-bond acceptors (Lipinski definition) is 6. The lowest BCUT2D eigenvalue weighted by Crippen LogP contribution is -2.20. The van der Waals surface area contributed by atoms with Crippen LogP contribution < -0.4 is 14.8 Å². The molecule has 0 unspecified atom stereocenters. The van der Waals surface area contributed by atoms with Gasteiger partial charge in [-0.3, -0.25) is 19.6 Å². The van der Waals surface area contributed by atoms with Crippen LogP contribution in [-0.2, 0) is 14.8 Å². The molecule has 166 valence electrons. The number of carbonyl (C=O) groups excluding carboxylic acids is 1. The minimum absolute atomic E-state index is 0.0306. The fraction of sp³-hybridized carbons (Fsp3) is 0.0500. The zero-order chi connectivity index (χ0) is 23.3. The van der Waals surface area contributed by atoms with E-state index in [-0.39, 0.29) is 39.3 Å². The molecule has 0 atom stereocenters. The van der Waals surface area contributed by atoms with E-state index in [1.807, 2.05) is 0 Å². The number of ether oxygens (including phenoxy) is 1. The Kier molecular flexibility index (Phi) is 7.18. The van der Waals surface area contributed by atoms with E-state index in [0.717, 1.165) is 0 Å². The minimum atomic E-state index is -3.88. The highest BCUT2D eigenvalue weighted by Gasteiger charge is 2.15. The number of sulfonamides is 1. The van der Waals surface area contributed by atoms with E-state index in [0.29, 0.717) is 5.02 Å². The minimum Gasteiger partial charge on any atom is -0.484 e. The van der Waals surface area contributed by atoms with Gasteiger partial charge in [0.15, 0.2) is 6.61 Å². The Labute approximate surface area is 193 Å². The van der Waals surface area contributed by atoms with Gasteiger partial charge in [0, 0.05) is 17.8 Å². The molecular weight excluding hydrogens is 481 g/mol. The van der Waals surface area contributed by atoms with Crippen molar-refractivity contribution in [1.82, 2.24) is 0 Å². The van der Waals surface area contributed by atoms with Crippen LogP contribution >= 0.6 is 23.2 Å². The van der Waals surface area contributed by atoms with Crippen LogP contribution in [-0.4, -0.2) is 25.9 Å². The maximum absolute atomic E-state index is 12.5. The van der Waals surface area contributed by atoms with Crippen LogP contribution in [0.1, 0.15) is 0 Å². The molecule has 9 nitrogen and oxygen atoms in total. The van der Waals surface area contributed by atoms with Crippen molar-refractivity contribution in [2.24, 2.45) is 0 Å². The number of anilines is 2. The highest BCUT2D eigenvalue weighted by Crippen LogP contribution is 2.27. The SMILES string of the molecule is O=C(COc1ccc(S(=O)(=O)Nc2ccc(Cl)c(Cl)c2)cc1)Nc1cccc([N+](=O)[O-])c1. The first-order valence-corrected chi connectivity index (χ1v) is 11.1. The Morgan fingerprint density at radius 2 is 1.69 bits per heavy atom. The van der Waals surface area contributed by atoms with Crippen molar-refractivity contribution in [2.75, 3.05) is 16.6 Å². The van der Waals surface area contributed by atoms with E-state index in [9.17, 15) is 23.3 Å². The van der Waals surface area contributed by atoms with E-state index < -0.39 is 20.9 Å². The lowest BCUT2D eigenvalue weighted by Gasteiger charge is -2.10. The average molecular weight is 496 g/mol. The molecule has 3 aromatic rings. The predicted molar refractivity (Wildman–Crippen MR) is 121 cm³/mol. The van der Waals surface area contributed by atoms with Crippen LogP contribution in [0.15, 0.2) is 71.6 Å². The molecule has 0 aliphatic heterocycles. The van der Waals surface area contributed by atoms with E-state index in [4.69, 9.17) is 27.9 Å². The number of nitro groups is 1. The van der Waals surface area contributed by atoms with Crippen LogP contribution in [0.3, 0.4) is 0 Å². The van der Waals surface area contributed by atoms with Crippen LogP contribution in [0, 0.1) is 10.1 Å². The van der Waals surface area contributed by atoms with Crippen molar-refractivity contribution in [3.05, 3.63) is 86.9 Å². The zero-order valence-electron chi connectivity index (χ0n) is 16.1. The maximum Gasteiger partial charge on any atom is 0.271 e. The van der Waals surface area contributed by atoms with Crippen molar-refractivity contribution < 1.29 is 22.9 Å². The Morgan fingerprint density at radius 3 is 2.34 bits per heavy atom. The van der Waals surface area contributed by atoms with Gasteiger partial charge >= 0.3 is 0 Å². The summed E-state index contributed by atoms with van der Waals surface area (Å²) in [5, 5.41) is 13.8. The summed E-state index contributed by atoms with van der Waals surface area (Å²) in [6, 6.07) is 15.2. The summed E-state index contributed by atoms with van der Waals surface area (Å²) in [4.78, 5) is 22.2. The number of nitro benzene ring substituents is 1. The maximum atomic E-state index is 12.5. The molecule has 0 spiro atoms. The molecule has 1 amide bonds. The van der Waals surface area contributed by atoms with E-state index in [2.05, 4.69) is 10.0 Å². The van der Waals surface area contributed by atoms with Crippen molar-refractivity contribution in [1.29, 1.82) is 0 Å². The molecule has 3 aromatic carbocycles.